The first-order chi connectivity index (χ1) is 14.6. The molecule has 2 aliphatic rings. The summed E-state index contributed by atoms with van der Waals surface area (Å²) < 4.78 is 11.7. The number of hydrogen-bond acceptors (Lipinski definition) is 6. The average Bonchev–Trinajstić information content (AvgIpc) is 2.69. The van der Waals surface area contributed by atoms with Gasteiger partial charge in [0.1, 0.15) is 22.9 Å². The Balaban J connectivity index is 1.82. The predicted octanol–water partition coefficient (Wildman–Crippen LogP) is 4.93. The van der Waals surface area contributed by atoms with E-state index < -0.39 is 17.0 Å². The van der Waals surface area contributed by atoms with E-state index in [4.69, 9.17) is 15.0 Å². The van der Waals surface area contributed by atoms with E-state index in [9.17, 15) is 14.7 Å². The van der Waals surface area contributed by atoms with Gasteiger partial charge in [-0.3, -0.25) is 9.59 Å². The number of ether oxygens (including phenoxy) is 2. The Morgan fingerprint density at radius 2 is 2.13 bits per heavy atom. The molecule has 1 aromatic carbocycles. The molecule has 1 fully saturated rings. The molecular formula is C23H31N3O5. The van der Waals surface area contributed by atoms with E-state index in [1.54, 1.807) is 26.0 Å². The second-order valence-electron chi connectivity index (χ2n) is 9.53. The van der Waals surface area contributed by atoms with Crippen molar-refractivity contribution in [2.75, 3.05) is 13.2 Å². The van der Waals surface area contributed by atoms with Crippen molar-refractivity contribution in [2.45, 2.75) is 76.7 Å². The van der Waals surface area contributed by atoms with Crippen LogP contribution in [-0.4, -0.2) is 35.6 Å². The minimum absolute atomic E-state index is 0.0583. The van der Waals surface area contributed by atoms with E-state index in [-0.39, 0.29) is 30.0 Å². The van der Waals surface area contributed by atoms with Crippen molar-refractivity contribution in [3.63, 3.8) is 0 Å². The van der Waals surface area contributed by atoms with Crippen molar-refractivity contribution in [1.82, 2.24) is 0 Å². The normalized spacial score (nSPS) is 21.9. The molecule has 31 heavy (non-hydrogen) atoms. The molecule has 8 heteroatoms. The molecule has 168 valence electrons. The number of nitrogens with zero attached hydrogens (tertiary/aromatic N) is 3. The van der Waals surface area contributed by atoms with Crippen molar-refractivity contribution < 1.29 is 24.2 Å². The summed E-state index contributed by atoms with van der Waals surface area (Å²) in [6.07, 6.45) is 2.93. The quantitative estimate of drug-likeness (QED) is 0.217. The highest BCUT2D eigenvalue weighted by Crippen LogP contribution is 2.54. The zero-order valence-electron chi connectivity index (χ0n) is 18.7. The highest BCUT2D eigenvalue weighted by Gasteiger charge is 2.48. The molecule has 0 saturated heterocycles. The Morgan fingerprint density at radius 3 is 2.84 bits per heavy atom. The number of phenolic OH excluding ortho intramolecular Hbond substituents is 1. The Morgan fingerprint density at radius 1 is 1.39 bits per heavy atom. The van der Waals surface area contributed by atoms with Crippen LogP contribution in [0.5, 0.6) is 11.5 Å². The second-order valence-corrected chi connectivity index (χ2v) is 9.53. The number of hydrogen-bond donors (Lipinski definition) is 1. The third-order valence-electron chi connectivity index (χ3n) is 6.61. The number of ketones is 1. The molecule has 2 atom stereocenters. The largest absolute Gasteiger partial charge is 0.508 e. The van der Waals surface area contributed by atoms with Crippen molar-refractivity contribution in [1.29, 1.82) is 0 Å². The van der Waals surface area contributed by atoms with Crippen molar-refractivity contribution in [2.24, 2.45) is 11.0 Å². The third kappa shape index (κ3) is 4.64. The fourth-order valence-electron chi connectivity index (χ4n) is 4.72. The molecule has 1 N–H and O–H groups in total. The Labute approximate surface area is 182 Å². The van der Waals surface area contributed by atoms with E-state index in [0.717, 1.165) is 6.42 Å². The Bertz CT molecular complexity index is 918. The topological polar surface area (TPSA) is 122 Å². The summed E-state index contributed by atoms with van der Waals surface area (Å²) >= 11 is 0. The zero-order chi connectivity index (χ0) is 22.8. The molecule has 1 aliphatic carbocycles. The maximum Gasteiger partial charge on any atom is 0.315 e. The van der Waals surface area contributed by atoms with Gasteiger partial charge in [-0.05, 0) is 70.2 Å². The maximum absolute atomic E-state index is 12.8. The first-order valence-corrected chi connectivity index (χ1v) is 10.8. The highest BCUT2D eigenvalue weighted by molar-refractivity contribution is 5.83. The van der Waals surface area contributed by atoms with Crippen LogP contribution in [0.3, 0.4) is 0 Å². The number of carbonyl (C=O) groups is 2. The molecule has 1 saturated carbocycles. The first kappa shape index (κ1) is 22.9. The summed E-state index contributed by atoms with van der Waals surface area (Å²) in [5.74, 6) is 0.460. The molecule has 0 spiro atoms. The molecule has 3 rings (SSSR count). The van der Waals surface area contributed by atoms with Gasteiger partial charge in [0.2, 0.25) is 0 Å². The minimum atomic E-state index is -0.996. The van der Waals surface area contributed by atoms with Crippen molar-refractivity contribution >= 4 is 11.8 Å². The third-order valence-corrected chi connectivity index (χ3v) is 6.61. The van der Waals surface area contributed by atoms with Gasteiger partial charge in [-0.1, -0.05) is 5.11 Å². The van der Waals surface area contributed by atoms with Gasteiger partial charge in [0.05, 0.1) is 12.0 Å². The molecule has 0 aromatic heterocycles. The van der Waals surface area contributed by atoms with E-state index in [1.165, 1.54) is 0 Å². The molecule has 0 bridgehead atoms. The molecule has 1 aliphatic heterocycles. The zero-order valence-corrected chi connectivity index (χ0v) is 18.7. The van der Waals surface area contributed by atoms with Gasteiger partial charge < -0.3 is 14.6 Å². The van der Waals surface area contributed by atoms with Crippen LogP contribution >= 0.6 is 0 Å². The maximum atomic E-state index is 12.8. The van der Waals surface area contributed by atoms with Crippen molar-refractivity contribution in [3.05, 3.63) is 33.7 Å². The molecular weight excluding hydrogens is 398 g/mol. The summed E-state index contributed by atoms with van der Waals surface area (Å²) in [4.78, 5) is 27.6. The van der Waals surface area contributed by atoms with Crippen molar-refractivity contribution in [3.8, 4) is 11.5 Å². The van der Waals surface area contributed by atoms with Gasteiger partial charge in [-0.15, -0.1) is 0 Å². The molecule has 8 nitrogen and oxygen atoms in total. The van der Waals surface area contributed by atoms with Gasteiger partial charge in [-0.2, -0.15) is 0 Å². The van der Waals surface area contributed by atoms with Crippen LogP contribution in [0.1, 0.15) is 76.8 Å². The summed E-state index contributed by atoms with van der Waals surface area (Å²) in [6.45, 7) is 8.13. The van der Waals surface area contributed by atoms with Crippen LogP contribution in [-0.2, 0) is 19.7 Å². The van der Waals surface area contributed by atoms with Crippen LogP contribution < -0.4 is 4.74 Å². The summed E-state index contributed by atoms with van der Waals surface area (Å²) in [7, 11) is 0. The van der Waals surface area contributed by atoms with Gasteiger partial charge in [-0.25, -0.2) is 0 Å². The van der Waals surface area contributed by atoms with Crippen LogP contribution in [0.2, 0.25) is 0 Å². The van der Waals surface area contributed by atoms with Gasteiger partial charge in [0, 0.05) is 41.7 Å². The lowest BCUT2D eigenvalue weighted by atomic mass is 9.66. The molecule has 1 aromatic rings. The SMILES string of the molecule is CC(C)(C(=O)OCCCCN=[N+]=[N-])c1cc(O)c2c(c1)OC(C)(C)[C@@H]1CCC(=O)C[C@@H]21. The lowest BCUT2D eigenvalue weighted by Gasteiger charge is -2.47. The first-order valence-electron chi connectivity index (χ1n) is 10.8. The number of carbonyl (C=O) groups excluding carboxylic acids is 2. The molecule has 0 amide bonds. The summed E-state index contributed by atoms with van der Waals surface area (Å²) in [5.41, 5.74) is 8.08. The number of Topliss-reactive ketones (excluding diaryl/α,β-unsaturated/α-hetero) is 1. The van der Waals surface area contributed by atoms with E-state index >= 15 is 0 Å². The van der Waals surface area contributed by atoms with E-state index in [0.29, 0.717) is 49.1 Å². The lowest BCUT2D eigenvalue weighted by molar-refractivity contribution is -0.149. The lowest BCUT2D eigenvalue weighted by Crippen LogP contribution is -2.47. The number of aromatic hydroxyl groups is 1. The van der Waals surface area contributed by atoms with Crippen LogP contribution in [0.15, 0.2) is 17.2 Å². The average molecular weight is 430 g/mol. The smallest absolute Gasteiger partial charge is 0.315 e. The Hall–Kier alpha value is -2.73. The van der Waals surface area contributed by atoms with Crippen LogP contribution in [0, 0.1) is 5.92 Å². The number of azide groups is 1. The molecule has 0 unspecified atom stereocenters. The van der Waals surface area contributed by atoms with E-state index in [2.05, 4.69) is 10.0 Å². The predicted molar refractivity (Wildman–Crippen MR) is 115 cm³/mol. The van der Waals surface area contributed by atoms with Crippen LogP contribution in [0.25, 0.3) is 10.4 Å². The summed E-state index contributed by atoms with van der Waals surface area (Å²) in [5, 5.41) is 14.3. The number of benzene rings is 1. The number of unbranched alkanes of at least 4 members (excludes halogenated alkanes) is 1. The fraction of sp³-hybridized carbons (Fsp3) is 0.652. The van der Waals surface area contributed by atoms with Gasteiger partial charge >= 0.3 is 5.97 Å². The monoisotopic (exact) mass is 429 g/mol. The minimum Gasteiger partial charge on any atom is -0.508 e. The standard InChI is InChI=1S/C23H31N3O5/c1-22(2,21(29)30-10-6-5-9-25-26-24)14-11-18(28)20-16-13-15(27)7-8-17(16)23(3,4)31-19(20)12-14/h11-12,16-17,28H,5-10,13H2,1-4H3/t16-,17-/m1/s1. The number of rotatable bonds is 7. The van der Waals surface area contributed by atoms with Gasteiger partial charge in [0.15, 0.2) is 0 Å². The number of phenols is 1. The molecule has 0 radical (unpaired) electrons. The Kier molecular flexibility index (Phi) is 6.51. The molecule has 1 heterocycles. The second kappa shape index (κ2) is 8.79. The number of esters is 1. The summed E-state index contributed by atoms with van der Waals surface area (Å²) in [6, 6.07) is 3.40. The van der Waals surface area contributed by atoms with Gasteiger partial charge in [0.25, 0.3) is 0 Å². The number of fused-ring (bicyclic) bond motifs is 3. The highest BCUT2D eigenvalue weighted by atomic mass is 16.5. The fourth-order valence-corrected chi connectivity index (χ4v) is 4.72. The van der Waals surface area contributed by atoms with E-state index in [1.807, 2.05) is 13.8 Å². The van der Waals surface area contributed by atoms with Crippen LogP contribution in [0.4, 0.5) is 0 Å².